The average molecular weight is 297 g/mol. The van der Waals surface area contributed by atoms with Crippen LogP contribution in [0.3, 0.4) is 0 Å². The third-order valence-corrected chi connectivity index (χ3v) is 3.68. The van der Waals surface area contributed by atoms with Gasteiger partial charge in [0.2, 0.25) is 0 Å². The number of furan rings is 1. The lowest BCUT2D eigenvalue weighted by Gasteiger charge is -2.05. The number of nitro benzene ring substituents is 1. The normalized spacial score (nSPS) is 10.5. The largest absolute Gasteiger partial charge is 0.477 e. The predicted octanol–water partition coefficient (Wildman–Crippen LogP) is 3.48. The maximum Gasteiger partial charge on any atom is 0.342 e. The fourth-order valence-corrected chi connectivity index (χ4v) is 2.43. The number of nitrogens with zero attached hydrogens (tertiary/aromatic N) is 1. The second kappa shape index (κ2) is 5.33. The maximum atomic E-state index is 13.8. The zero-order chi connectivity index (χ0) is 14.9. The highest BCUT2D eigenvalue weighted by Gasteiger charge is 2.24. The molecule has 0 unspecified atom stereocenters. The second-order valence-electron chi connectivity index (χ2n) is 3.81. The van der Waals surface area contributed by atoms with Crippen molar-refractivity contribution in [2.75, 3.05) is 0 Å². The Balaban J connectivity index is 2.50. The van der Waals surface area contributed by atoms with Crippen LogP contribution in [0.2, 0.25) is 0 Å². The van der Waals surface area contributed by atoms with E-state index in [9.17, 15) is 19.3 Å². The maximum absolute atomic E-state index is 13.8. The Morgan fingerprint density at radius 1 is 1.45 bits per heavy atom. The molecule has 0 spiro atoms. The molecular weight excluding hydrogens is 289 g/mol. The Labute approximate surface area is 116 Å². The van der Waals surface area contributed by atoms with Crippen LogP contribution in [0.25, 0.3) is 0 Å². The summed E-state index contributed by atoms with van der Waals surface area (Å²) in [6, 6.07) is 3.16. The Morgan fingerprint density at radius 3 is 2.65 bits per heavy atom. The van der Waals surface area contributed by atoms with Gasteiger partial charge in [0.25, 0.3) is 5.69 Å². The number of carboxylic acid groups (broad SMARTS) is 1. The number of carboxylic acids is 1. The number of hydrogen-bond acceptors (Lipinski definition) is 5. The zero-order valence-electron chi connectivity index (χ0n) is 10.1. The molecule has 0 bridgehead atoms. The molecule has 0 aliphatic rings. The molecule has 1 aromatic carbocycles. The molecule has 6 nitrogen and oxygen atoms in total. The first-order valence-corrected chi connectivity index (χ1v) is 6.15. The molecule has 0 atom stereocenters. The molecule has 2 rings (SSSR count). The number of nitro groups is 1. The number of hydrogen-bond donors (Lipinski definition) is 1. The summed E-state index contributed by atoms with van der Waals surface area (Å²) in [6.07, 6.45) is 1.42. The van der Waals surface area contributed by atoms with E-state index in [-0.39, 0.29) is 4.90 Å². The van der Waals surface area contributed by atoms with E-state index in [4.69, 9.17) is 9.52 Å². The Morgan fingerprint density at radius 2 is 2.15 bits per heavy atom. The number of carbonyl (C=O) groups is 1. The summed E-state index contributed by atoms with van der Waals surface area (Å²) in [4.78, 5) is 21.4. The summed E-state index contributed by atoms with van der Waals surface area (Å²) >= 11 is 0.945. The zero-order valence-corrected chi connectivity index (χ0v) is 10.9. The molecule has 1 N–H and O–H groups in total. The van der Waals surface area contributed by atoms with Crippen molar-refractivity contribution < 1.29 is 23.6 Å². The van der Waals surface area contributed by atoms with E-state index in [0.717, 1.165) is 17.8 Å². The Kier molecular flexibility index (Phi) is 3.75. The van der Waals surface area contributed by atoms with Crippen LogP contribution < -0.4 is 0 Å². The monoisotopic (exact) mass is 297 g/mol. The van der Waals surface area contributed by atoms with Crippen molar-refractivity contribution in [3.8, 4) is 0 Å². The lowest BCUT2D eigenvalue weighted by Crippen LogP contribution is -2.04. The predicted molar refractivity (Wildman–Crippen MR) is 67.6 cm³/mol. The quantitative estimate of drug-likeness (QED) is 0.685. The van der Waals surface area contributed by atoms with Gasteiger partial charge in [0.15, 0.2) is 0 Å². The summed E-state index contributed by atoms with van der Waals surface area (Å²) in [5, 5.41) is 19.7. The molecule has 1 heterocycles. The van der Waals surface area contributed by atoms with E-state index >= 15 is 0 Å². The van der Waals surface area contributed by atoms with Gasteiger partial charge in [-0.25, -0.2) is 9.18 Å². The molecule has 0 aliphatic carbocycles. The van der Waals surface area contributed by atoms with Gasteiger partial charge >= 0.3 is 5.97 Å². The molecule has 0 amide bonds. The standard InChI is InChI=1S/C12H8FNO5S/c1-6-10(2-3-19-6)20-11-4-7(12(15)16)9(14(17)18)5-8(11)13/h2-5H,1H3,(H,15,16). The second-order valence-corrected chi connectivity index (χ2v) is 4.89. The molecule has 0 aliphatic heterocycles. The summed E-state index contributed by atoms with van der Waals surface area (Å²) in [6.45, 7) is 1.67. The topological polar surface area (TPSA) is 93.6 Å². The first-order valence-electron chi connectivity index (χ1n) is 5.33. The van der Waals surface area contributed by atoms with Crippen LogP contribution in [0.4, 0.5) is 10.1 Å². The molecule has 0 saturated heterocycles. The fraction of sp³-hybridized carbons (Fsp3) is 0.0833. The van der Waals surface area contributed by atoms with Crippen LogP contribution in [0.5, 0.6) is 0 Å². The van der Waals surface area contributed by atoms with Gasteiger partial charge in [-0.2, -0.15) is 0 Å². The summed E-state index contributed by atoms with van der Waals surface area (Å²) < 4.78 is 18.9. The van der Waals surface area contributed by atoms with Crippen LogP contribution in [0, 0.1) is 22.9 Å². The van der Waals surface area contributed by atoms with Gasteiger partial charge in [0.1, 0.15) is 17.1 Å². The van der Waals surface area contributed by atoms with Crippen molar-refractivity contribution >= 4 is 23.4 Å². The van der Waals surface area contributed by atoms with Crippen LogP contribution in [-0.4, -0.2) is 16.0 Å². The molecule has 104 valence electrons. The highest BCUT2D eigenvalue weighted by molar-refractivity contribution is 7.99. The third kappa shape index (κ3) is 2.64. The van der Waals surface area contributed by atoms with Crippen molar-refractivity contribution in [2.45, 2.75) is 16.7 Å². The van der Waals surface area contributed by atoms with E-state index in [1.165, 1.54) is 6.26 Å². The fourth-order valence-electron chi connectivity index (χ4n) is 1.54. The number of aromatic carboxylic acids is 1. The van der Waals surface area contributed by atoms with E-state index in [2.05, 4.69) is 0 Å². The van der Waals surface area contributed by atoms with Crippen LogP contribution in [0.15, 0.2) is 38.7 Å². The Hall–Kier alpha value is -2.35. The molecule has 2 aromatic rings. The van der Waals surface area contributed by atoms with Gasteiger partial charge in [-0.1, -0.05) is 11.8 Å². The van der Waals surface area contributed by atoms with Crippen molar-refractivity contribution in [3.63, 3.8) is 0 Å². The molecule has 8 heteroatoms. The first-order chi connectivity index (χ1) is 9.40. The van der Waals surface area contributed by atoms with E-state index in [1.54, 1.807) is 13.0 Å². The van der Waals surface area contributed by atoms with Crippen LogP contribution in [-0.2, 0) is 0 Å². The molecule has 20 heavy (non-hydrogen) atoms. The Bertz CT molecular complexity index is 697. The van der Waals surface area contributed by atoms with E-state index in [1.807, 2.05) is 0 Å². The van der Waals surface area contributed by atoms with Gasteiger partial charge in [0.05, 0.1) is 22.1 Å². The van der Waals surface area contributed by atoms with Gasteiger partial charge in [-0.05, 0) is 19.1 Å². The molecule has 0 fully saturated rings. The van der Waals surface area contributed by atoms with Gasteiger partial charge < -0.3 is 9.52 Å². The first kappa shape index (κ1) is 14.1. The minimum atomic E-state index is -1.48. The van der Waals surface area contributed by atoms with Gasteiger partial charge in [0, 0.05) is 4.90 Å². The average Bonchev–Trinajstić information content (AvgIpc) is 2.76. The van der Waals surface area contributed by atoms with E-state index < -0.39 is 28.0 Å². The summed E-state index contributed by atoms with van der Waals surface area (Å²) in [5.74, 6) is -1.79. The number of rotatable bonds is 4. The van der Waals surface area contributed by atoms with Gasteiger partial charge in [-0.15, -0.1) is 0 Å². The van der Waals surface area contributed by atoms with Crippen molar-refractivity contribution in [2.24, 2.45) is 0 Å². The molecular formula is C12H8FNO5S. The highest BCUT2D eigenvalue weighted by atomic mass is 32.2. The van der Waals surface area contributed by atoms with Crippen LogP contribution >= 0.6 is 11.8 Å². The van der Waals surface area contributed by atoms with E-state index in [0.29, 0.717) is 16.7 Å². The van der Waals surface area contributed by atoms with Gasteiger partial charge in [-0.3, -0.25) is 10.1 Å². The smallest absolute Gasteiger partial charge is 0.342 e. The minimum Gasteiger partial charge on any atom is -0.477 e. The number of halogens is 1. The summed E-state index contributed by atoms with van der Waals surface area (Å²) in [7, 11) is 0. The third-order valence-electron chi connectivity index (χ3n) is 2.51. The number of benzene rings is 1. The number of aryl methyl sites for hydroxylation is 1. The van der Waals surface area contributed by atoms with Crippen LogP contribution in [0.1, 0.15) is 16.1 Å². The molecule has 0 radical (unpaired) electrons. The summed E-state index contributed by atoms with van der Waals surface area (Å²) in [5.41, 5.74) is -1.33. The van der Waals surface area contributed by atoms with Crippen molar-refractivity contribution in [3.05, 3.63) is 51.7 Å². The molecule has 1 aromatic heterocycles. The lowest BCUT2D eigenvalue weighted by molar-refractivity contribution is -0.385. The molecule has 0 saturated carbocycles. The lowest BCUT2D eigenvalue weighted by atomic mass is 10.2. The van der Waals surface area contributed by atoms with Crippen molar-refractivity contribution in [1.29, 1.82) is 0 Å². The highest BCUT2D eigenvalue weighted by Crippen LogP contribution is 2.35. The van der Waals surface area contributed by atoms with Crippen molar-refractivity contribution in [1.82, 2.24) is 0 Å². The SMILES string of the molecule is Cc1occc1Sc1cc(C(=O)O)c([N+](=O)[O-])cc1F. The minimum absolute atomic E-state index is 0.0162.